The first-order valence-corrected chi connectivity index (χ1v) is 3.46. The van der Waals surface area contributed by atoms with Crippen LogP contribution in [0.5, 0.6) is 0 Å². The number of aromatic nitrogens is 1. The highest BCUT2D eigenvalue weighted by atomic mass is 79.9. The third kappa shape index (κ3) is 1.77. The van der Waals surface area contributed by atoms with Gasteiger partial charge in [-0.2, -0.15) is 0 Å². The SMILES string of the molecule is [B]c1cnc(Br)cc1[N+](=O)[O-]. The number of rotatable bonds is 1. The van der Waals surface area contributed by atoms with Gasteiger partial charge < -0.3 is 0 Å². The van der Waals surface area contributed by atoms with Gasteiger partial charge in [0.05, 0.1) is 4.92 Å². The lowest BCUT2D eigenvalue weighted by molar-refractivity contribution is -0.383. The number of pyridine rings is 1. The van der Waals surface area contributed by atoms with Crippen molar-refractivity contribution in [3.8, 4) is 0 Å². The van der Waals surface area contributed by atoms with E-state index < -0.39 is 4.92 Å². The van der Waals surface area contributed by atoms with Gasteiger partial charge in [0, 0.05) is 12.3 Å². The zero-order chi connectivity index (χ0) is 8.43. The molecule has 0 spiro atoms. The van der Waals surface area contributed by atoms with Crippen LogP contribution in [0, 0.1) is 10.1 Å². The summed E-state index contributed by atoms with van der Waals surface area (Å²) in [6.45, 7) is 0. The minimum absolute atomic E-state index is 0.0678. The normalized spacial score (nSPS) is 9.55. The van der Waals surface area contributed by atoms with E-state index >= 15 is 0 Å². The van der Waals surface area contributed by atoms with E-state index in [4.69, 9.17) is 7.85 Å². The molecule has 0 saturated carbocycles. The average molecular weight is 213 g/mol. The van der Waals surface area contributed by atoms with Gasteiger partial charge in [-0.3, -0.25) is 10.1 Å². The summed E-state index contributed by atoms with van der Waals surface area (Å²) in [6, 6.07) is 1.26. The molecule has 0 aromatic carbocycles. The average Bonchev–Trinajstić information content (AvgIpc) is 1.94. The predicted molar refractivity (Wildman–Crippen MR) is 44.0 cm³/mol. The first-order chi connectivity index (χ1) is 5.11. The summed E-state index contributed by atoms with van der Waals surface area (Å²) >= 11 is 2.99. The molecular formula is C5H2BBrN2O2. The maximum absolute atomic E-state index is 10.3. The number of hydrogen-bond donors (Lipinski definition) is 0. The van der Waals surface area contributed by atoms with E-state index in [-0.39, 0.29) is 11.2 Å². The van der Waals surface area contributed by atoms with Crippen molar-refractivity contribution < 1.29 is 4.92 Å². The second kappa shape index (κ2) is 3.00. The fraction of sp³-hybridized carbons (Fsp3) is 0. The van der Waals surface area contributed by atoms with Crippen molar-refractivity contribution in [3.05, 3.63) is 27.0 Å². The molecular weight excluding hydrogens is 211 g/mol. The fourth-order valence-corrected chi connectivity index (χ4v) is 0.908. The molecule has 1 aromatic rings. The van der Waals surface area contributed by atoms with E-state index in [1.807, 2.05) is 0 Å². The molecule has 0 aliphatic rings. The Balaban J connectivity index is 3.23. The van der Waals surface area contributed by atoms with Crippen LogP contribution in [0.3, 0.4) is 0 Å². The largest absolute Gasteiger partial charge is 0.266 e. The number of nitro groups is 1. The van der Waals surface area contributed by atoms with Gasteiger partial charge in [0.2, 0.25) is 0 Å². The molecule has 0 bridgehead atoms. The molecule has 0 aliphatic carbocycles. The van der Waals surface area contributed by atoms with Crippen LogP contribution < -0.4 is 5.46 Å². The van der Waals surface area contributed by atoms with Crippen LogP contribution in [0.1, 0.15) is 0 Å². The zero-order valence-electron chi connectivity index (χ0n) is 5.32. The molecule has 1 aromatic heterocycles. The van der Waals surface area contributed by atoms with Crippen LogP contribution in [0.25, 0.3) is 0 Å². The van der Waals surface area contributed by atoms with E-state index in [0.717, 1.165) is 0 Å². The molecule has 0 N–H and O–H groups in total. The van der Waals surface area contributed by atoms with Gasteiger partial charge in [-0.25, -0.2) is 4.98 Å². The first-order valence-electron chi connectivity index (χ1n) is 2.66. The van der Waals surface area contributed by atoms with E-state index in [0.29, 0.717) is 4.60 Å². The highest BCUT2D eigenvalue weighted by Crippen LogP contribution is 2.11. The lowest BCUT2D eigenvalue weighted by Gasteiger charge is -1.95. The lowest BCUT2D eigenvalue weighted by Crippen LogP contribution is -2.10. The molecule has 0 saturated heterocycles. The lowest BCUT2D eigenvalue weighted by atomic mass is 9.97. The summed E-state index contributed by atoms with van der Waals surface area (Å²) in [6.07, 6.45) is 1.24. The molecule has 0 amide bonds. The van der Waals surface area contributed by atoms with Crippen molar-refractivity contribution in [2.75, 3.05) is 0 Å². The molecule has 0 unspecified atom stereocenters. The van der Waals surface area contributed by atoms with Crippen molar-refractivity contribution in [3.63, 3.8) is 0 Å². The number of nitrogens with zero attached hydrogens (tertiary/aromatic N) is 2. The Hall–Kier alpha value is -0.905. The summed E-state index contributed by atoms with van der Waals surface area (Å²) in [4.78, 5) is 13.4. The maximum Gasteiger partial charge on any atom is 0.266 e. The van der Waals surface area contributed by atoms with Crippen molar-refractivity contribution in [2.24, 2.45) is 0 Å². The monoisotopic (exact) mass is 212 g/mol. The van der Waals surface area contributed by atoms with Gasteiger partial charge in [0.15, 0.2) is 0 Å². The van der Waals surface area contributed by atoms with Crippen LogP contribution in [-0.2, 0) is 0 Å². The van der Waals surface area contributed by atoms with Gasteiger partial charge in [-0.15, -0.1) is 0 Å². The van der Waals surface area contributed by atoms with Crippen molar-refractivity contribution in [1.82, 2.24) is 4.98 Å². The van der Waals surface area contributed by atoms with Crippen LogP contribution in [0.2, 0.25) is 0 Å². The maximum atomic E-state index is 10.3. The van der Waals surface area contributed by atoms with Gasteiger partial charge in [0.25, 0.3) is 5.69 Å². The van der Waals surface area contributed by atoms with E-state index in [1.165, 1.54) is 12.3 Å². The molecule has 0 aliphatic heterocycles. The molecule has 1 heterocycles. The second-order valence-electron chi connectivity index (χ2n) is 1.82. The van der Waals surface area contributed by atoms with Gasteiger partial charge in [-0.1, -0.05) is 0 Å². The van der Waals surface area contributed by atoms with Crippen LogP contribution in [0.4, 0.5) is 5.69 Å². The van der Waals surface area contributed by atoms with E-state index in [2.05, 4.69) is 20.9 Å². The fourth-order valence-electron chi connectivity index (χ4n) is 0.589. The molecule has 54 valence electrons. The minimum Gasteiger partial charge on any atom is -0.258 e. The molecule has 0 fully saturated rings. The zero-order valence-corrected chi connectivity index (χ0v) is 6.91. The summed E-state index contributed by atoms with van der Waals surface area (Å²) in [5.74, 6) is 0. The molecule has 11 heavy (non-hydrogen) atoms. The van der Waals surface area contributed by atoms with Crippen LogP contribution in [0.15, 0.2) is 16.9 Å². The summed E-state index contributed by atoms with van der Waals surface area (Å²) < 4.78 is 0.401. The van der Waals surface area contributed by atoms with Gasteiger partial charge in [0.1, 0.15) is 12.4 Å². The highest BCUT2D eigenvalue weighted by molar-refractivity contribution is 9.10. The summed E-state index contributed by atoms with van der Waals surface area (Å²) in [7, 11) is 5.27. The Bertz CT molecular complexity index is 305. The summed E-state index contributed by atoms with van der Waals surface area (Å²) in [5.41, 5.74) is -0.0647. The van der Waals surface area contributed by atoms with Crippen molar-refractivity contribution >= 4 is 34.9 Å². The van der Waals surface area contributed by atoms with Crippen LogP contribution >= 0.6 is 15.9 Å². The van der Waals surface area contributed by atoms with Gasteiger partial charge in [-0.05, 0) is 21.4 Å². The third-order valence-corrected chi connectivity index (χ3v) is 1.51. The smallest absolute Gasteiger partial charge is 0.258 e. The number of hydrogen-bond acceptors (Lipinski definition) is 3. The molecule has 0 atom stereocenters. The molecule has 1 rings (SSSR count). The Morgan fingerprint density at radius 1 is 1.73 bits per heavy atom. The Kier molecular flexibility index (Phi) is 2.23. The number of halogens is 1. The van der Waals surface area contributed by atoms with E-state index in [9.17, 15) is 10.1 Å². The third-order valence-electron chi connectivity index (χ3n) is 1.08. The predicted octanol–water partition coefficient (Wildman–Crippen LogP) is 0.546. The van der Waals surface area contributed by atoms with Crippen molar-refractivity contribution in [1.29, 1.82) is 0 Å². The quantitative estimate of drug-likeness (QED) is 0.296. The second-order valence-corrected chi connectivity index (χ2v) is 2.64. The topological polar surface area (TPSA) is 56.0 Å². The highest BCUT2D eigenvalue weighted by Gasteiger charge is 2.09. The minimum atomic E-state index is -0.554. The van der Waals surface area contributed by atoms with Gasteiger partial charge >= 0.3 is 0 Å². The van der Waals surface area contributed by atoms with E-state index in [1.54, 1.807) is 0 Å². The summed E-state index contributed by atoms with van der Waals surface area (Å²) in [5, 5.41) is 10.3. The Labute approximate surface area is 72.3 Å². The first kappa shape index (κ1) is 8.19. The standard InChI is InChI=1S/C5H2BBrN2O2/c6-3-2-8-5(7)1-4(3)9(10)11/h1-2H. The molecule has 2 radical (unpaired) electrons. The molecule has 6 heteroatoms. The Morgan fingerprint density at radius 3 is 2.82 bits per heavy atom. The van der Waals surface area contributed by atoms with Crippen molar-refractivity contribution in [2.45, 2.75) is 0 Å². The van der Waals surface area contributed by atoms with Crippen LogP contribution in [-0.4, -0.2) is 17.8 Å². The molecule has 4 nitrogen and oxygen atoms in total. The Morgan fingerprint density at radius 2 is 2.36 bits per heavy atom.